The van der Waals surface area contributed by atoms with Crippen molar-refractivity contribution in [2.24, 2.45) is 11.7 Å². The van der Waals surface area contributed by atoms with Gasteiger partial charge in [0.15, 0.2) is 0 Å². The van der Waals surface area contributed by atoms with Crippen molar-refractivity contribution >= 4 is 30.7 Å². The maximum atomic E-state index is 12.1. The second kappa shape index (κ2) is 10.9. The van der Waals surface area contributed by atoms with Crippen LogP contribution in [0.4, 0.5) is 0 Å². The van der Waals surface area contributed by atoms with Crippen LogP contribution < -0.4 is 11.1 Å². The van der Waals surface area contributed by atoms with E-state index in [2.05, 4.69) is 41.4 Å². The van der Waals surface area contributed by atoms with E-state index in [-0.39, 0.29) is 48.7 Å². The molecule has 0 saturated carbocycles. The first kappa shape index (κ1) is 23.2. The minimum absolute atomic E-state index is 0. The standard InChI is InChI=1S/C18H29N3O.2ClH/c1-13-11-17(20-18(22)14(2)15(3)19)9-10-21(13)12-16-7-5-4-6-8-16;;/h4-8,13-15,17H,9-12,19H2,1-3H3,(H,20,22);2*1H. The van der Waals surface area contributed by atoms with Crippen molar-refractivity contribution in [3.8, 4) is 0 Å². The zero-order valence-corrected chi connectivity index (χ0v) is 16.4. The van der Waals surface area contributed by atoms with E-state index in [0.29, 0.717) is 6.04 Å². The Kier molecular flexibility index (Phi) is 10.6. The van der Waals surface area contributed by atoms with Gasteiger partial charge in [0.05, 0.1) is 0 Å². The summed E-state index contributed by atoms with van der Waals surface area (Å²) in [6, 6.07) is 11.2. The molecule has 24 heavy (non-hydrogen) atoms. The SMILES string of the molecule is CC(N)C(C)C(=O)NC1CCN(Cc2ccccc2)C(C)C1.Cl.Cl. The predicted octanol–water partition coefficient (Wildman–Crippen LogP) is 2.98. The topological polar surface area (TPSA) is 58.4 Å². The van der Waals surface area contributed by atoms with Crippen molar-refractivity contribution in [2.75, 3.05) is 6.54 Å². The predicted molar refractivity (Wildman–Crippen MR) is 105 cm³/mol. The number of carbonyl (C=O) groups excluding carboxylic acids is 1. The summed E-state index contributed by atoms with van der Waals surface area (Å²) < 4.78 is 0. The molecule has 0 radical (unpaired) electrons. The van der Waals surface area contributed by atoms with Gasteiger partial charge in [0.2, 0.25) is 5.91 Å². The summed E-state index contributed by atoms with van der Waals surface area (Å²) in [4.78, 5) is 14.6. The summed E-state index contributed by atoms with van der Waals surface area (Å²) in [5.41, 5.74) is 7.16. The Hall–Kier alpha value is -0.810. The zero-order chi connectivity index (χ0) is 16.1. The largest absolute Gasteiger partial charge is 0.353 e. The van der Waals surface area contributed by atoms with Crippen LogP contribution in [0.5, 0.6) is 0 Å². The molecule has 1 fully saturated rings. The number of halogens is 2. The molecule has 1 aromatic carbocycles. The van der Waals surface area contributed by atoms with E-state index in [1.165, 1.54) is 5.56 Å². The third-order valence-electron chi connectivity index (χ3n) is 4.79. The average molecular weight is 376 g/mol. The van der Waals surface area contributed by atoms with E-state index in [1.807, 2.05) is 19.9 Å². The van der Waals surface area contributed by atoms with E-state index < -0.39 is 0 Å². The molecule has 0 aromatic heterocycles. The minimum Gasteiger partial charge on any atom is -0.353 e. The Balaban J connectivity index is 0.00000264. The summed E-state index contributed by atoms with van der Waals surface area (Å²) in [6.07, 6.45) is 2.01. The highest BCUT2D eigenvalue weighted by atomic mass is 35.5. The molecule has 1 aliphatic rings. The molecule has 1 aromatic rings. The number of hydrogen-bond acceptors (Lipinski definition) is 3. The first-order valence-corrected chi connectivity index (χ1v) is 8.31. The van der Waals surface area contributed by atoms with Crippen LogP contribution in [0.3, 0.4) is 0 Å². The highest BCUT2D eigenvalue weighted by molar-refractivity contribution is 5.85. The molecular formula is C18H31Cl2N3O. The van der Waals surface area contributed by atoms with Crippen molar-refractivity contribution in [1.82, 2.24) is 10.2 Å². The van der Waals surface area contributed by atoms with Gasteiger partial charge in [-0.2, -0.15) is 0 Å². The number of amides is 1. The summed E-state index contributed by atoms with van der Waals surface area (Å²) in [5.74, 6) is -0.0404. The van der Waals surface area contributed by atoms with E-state index in [0.717, 1.165) is 25.9 Å². The Morgan fingerprint density at radius 1 is 1.29 bits per heavy atom. The Labute approximate surface area is 158 Å². The monoisotopic (exact) mass is 375 g/mol. The third-order valence-corrected chi connectivity index (χ3v) is 4.79. The van der Waals surface area contributed by atoms with Crippen LogP contribution in [-0.4, -0.2) is 35.5 Å². The summed E-state index contributed by atoms with van der Waals surface area (Å²) in [7, 11) is 0. The van der Waals surface area contributed by atoms with Gasteiger partial charge >= 0.3 is 0 Å². The number of benzene rings is 1. The van der Waals surface area contributed by atoms with E-state index >= 15 is 0 Å². The average Bonchev–Trinajstić information content (AvgIpc) is 2.50. The molecule has 0 bridgehead atoms. The van der Waals surface area contributed by atoms with Gasteiger partial charge in [-0.05, 0) is 32.3 Å². The number of carbonyl (C=O) groups is 1. The molecule has 6 heteroatoms. The molecule has 1 amide bonds. The van der Waals surface area contributed by atoms with Crippen LogP contribution in [0.25, 0.3) is 0 Å². The van der Waals surface area contributed by atoms with Crippen LogP contribution >= 0.6 is 24.8 Å². The van der Waals surface area contributed by atoms with Gasteiger partial charge in [0, 0.05) is 37.1 Å². The first-order chi connectivity index (χ1) is 10.5. The van der Waals surface area contributed by atoms with Crippen molar-refractivity contribution < 1.29 is 4.79 Å². The van der Waals surface area contributed by atoms with Crippen LogP contribution in [-0.2, 0) is 11.3 Å². The fraction of sp³-hybridized carbons (Fsp3) is 0.611. The normalized spacial score (nSPS) is 23.3. The van der Waals surface area contributed by atoms with Crippen LogP contribution in [0, 0.1) is 5.92 Å². The summed E-state index contributed by atoms with van der Waals surface area (Å²) >= 11 is 0. The Morgan fingerprint density at radius 3 is 2.46 bits per heavy atom. The van der Waals surface area contributed by atoms with Gasteiger partial charge in [-0.25, -0.2) is 0 Å². The Bertz CT molecular complexity index is 484. The van der Waals surface area contributed by atoms with Gasteiger partial charge in [0.25, 0.3) is 0 Å². The molecule has 3 N–H and O–H groups in total. The van der Waals surface area contributed by atoms with E-state index in [9.17, 15) is 4.79 Å². The van der Waals surface area contributed by atoms with Crippen molar-refractivity contribution in [2.45, 2.75) is 58.3 Å². The highest BCUT2D eigenvalue weighted by Crippen LogP contribution is 2.20. The van der Waals surface area contributed by atoms with Gasteiger partial charge < -0.3 is 11.1 Å². The lowest BCUT2D eigenvalue weighted by Crippen LogP contribution is -2.50. The van der Waals surface area contributed by atoms with Crippen molar-refractivity contribution in [3.05, 3.63) is 35.9 Å². The minimum atomic E-state index is -0.127. The number of likely N-dealkylation sites (tertiary alicyclic amines) is 1. The number of rotatable bonds is 5. The number of hydrogen-bond donors (Lipinski definition) is 2. The van der Waals surface area contributed by atoms with Crippen molar-refractivity contribution in [1.29, 1.82) is 0 Å². The molecule has 4 nitrogen and oxygen atoms in total. The van der Waals surface area contributed by atoms with Crippen LogP contribution in [0.15, 0.2) is 30.3 Å². The molecule has 138 valence electrons. The second-order valence-corrected chi connectivity index (χ2v) is 6.68. The first-order valence-electron chi connectivity index (χ1n) is 8.31. The van der Waals surface area contributed by atoms with Gasteiger partial charge in [-0.3, -0.25) is 9.69 Å². The van der Waals surface area contributed by atoms with Crippen LogP contribution in [0.2, 0.25) is 0 Å². The maximum Gasteiger partial charge on any atom is 0.224 e. The molecule has 1 saturated heterocycles. The van der Waals surface area contributed by atoms with Crippen LogP contribution in [0.1, 0.15) is 39.2 Å². The second-order valence-electron chi connectivity index (χ2n) is 6.68. The highest BCUT2D eigenvalue weighted by Gasteiger charge is 2.28. The van der Waals surface area contributed by atoms with Gasteiger partial charge in [-0.15, -0.1) is 24.8 Å². The van der Waals surface area contributed by atoms with Crippen molar-refractivity contribution in [3.63, 3.8) is 0 Å². The number of nitrogens with two attached hydrogens (primary N) is 1. The lowest BCUT2D eigenvalue weighted by molar-refractivity contribution is -0.126. The summed E-state index contributed by atoms with van der Waals surface area (Å²) in [5, 5.41) is 3.17. The van der Waals surface area contributed by atoms with Gasteiger partial charge in [-0.1, -0.05) is 37.3 Å². The maximum absolute atomic E-state index is 12.1. The number of nitrogens with one attached hydrogen (secondary N) is 1. The molecule has 1 aliphatic heterocycles. The smallest absolute Gasteiger partial charge is 0.224 e. The lowest BCUT2D eigenvalue weighted by atomic mass is 9.96. The Morgan fingerprint density at radius 2 is 1.92 bits per heavy atom. The molecule has 2 rings (SSSR count). The fourth-order valence-corrected chi connectivity index (χ4v) is 2.98. The number of piperidine rings is 1. The van der Waals surface area contributed by atoms with Gasteiger partial charge in [0.1, 0.15) is 0 Å². The molecule has 1 heterocycles. The quantitative estimate of drug-likeness (QED) is 0.831. The molecule has 4 atom stereocenters. The number of nitrogens with zero attached hydrogens (tertiary/aromatic N) is 1. The lowest BCUT2D eigenvalue weighted by Gasteiger charge is -2.38. The van der Waals surface area contributed by atoms with E-state index in [1.54, 1.807) is 0 Å². The molecule has 0 spiro atoms. The third kappa shape index (κ3) is 6.60. The molecule has 0 aliphatic carbocycles. The fourth-order valence-electron chi connectivity index (χ4n) is 2.98. The summed E-state index contributed by atoms with van der Waals surface area (Å²) in [6.45, 7) is 8.03. The molecular weight excluding hydrogens is 345 g/mol. The zero-order valence-electron chi connectivity index (χ0n) is 14.8. The molecule has 4 unspecified atom stereocenters. The van der Waals surface area contributed by atoms with E-state index in [4.69, 9.17) is 5.73 Å².